The van der Waals surface area contributed by atoms with E-state index in [-0.39, 0.29) is 5.41 Å². The van der Waals surface area contributed by atoms with Crippen LogP contribution in [0.1, 0.15) is 33.5 Å². The van der Waals surface area contributed by atoms with Crippen LogP contribution in [0.25, 0.3) is 0 Å². The molecule has 0 amide bonds. The fraction of sp³-hybridized carbons (Fsp3) is 0.462. The molecule has 0 N–H and O–H groups in total. The van der Waals surface area contributed by atoms with E-state index in [9.17, 15) is 0 Å². The first kappa shape index (κ1) is 14.0. The van der Waals surface area contributed by atoms with Crippen molar-refractivity contribution in [1.82, 2.24) is 19.7 Å². The maximum atomic E-state index is 5.71. The number of aryl methyl sites for hydroxylation is 1. The highest BCUT2D eigenvalue weighted by molar-refractivity contribution is 9.10. The highest BCUT2D eigenvalue weighted by Crippen LogP contribution is 2.26. The van der Waals surface area contributed by atoms with Crippen molar-refractivity contribution in [3.8, 4) is 11.6 Å². The lowest BCUT2D eigenvalue weighted by molar-refractivity contribution is 0.444. The van der Waals surface area contributed by atoms with E-state index in [1.165, 1.54) is 0 Å². The largest absolute Gasteiger partial charge is 0.436 e. The molecule has 2 aromatic rings. The van der Waals surface area contributed by atoms with Gasteiger partial charge in [-0.15, -0.1) is 0 Å². The maximum Gasteiger partial charge on any atom is 0.223 e. The van der Waals surface area contributed by atoms with Gasteiger partial charge in [0.05, 0.1) is 12.4 Å². The normalized spacial score (nSPS) is 11.6. The summed E-state index contributed by atoms with van der Waals surface area (Å²) in [5.41, 5.74) is -0.129. The van der Waals surface area contributed by atoms with Gasteiger partial charge in [-0.3, -0.25) is 4.68 Å². The second-order valence-corrected chi connectivity index (χ2v) is 6.05. The molecule has 0 spiro atoms. The third-order valence-electron chi connectivity index (χ3n) is 2.50. The Hall–Kier alpha value is -1.43. The van der Waals surface area contributed by atoms with Crippen LogP contribution in [0.2, 0.25) is 0 Å². The second-order valence-electron chi connectivity index (χ2n) is 5.24. The van der Waals surface area contributed by atoms with E-state index in [4.69, 9.17) is 4.74 Å². The predicted octanol–water partition coefficient (Wildman–Crippen LogP) is 3.55. The molecule has 0 aliphatic rings. The molecule has 6 heteroatoms. The summed E-state index contributed by atoms with van der Waals surface area (Å²) in [6, 6.07) is 1.75. The van der Waals surface area contributed by atoms with E-state index in [0.29, 0.717) is 16.2 Å². The number of halogens is 1. The Morgan fingerprint density at radius 2 is 2.05 bits per heavy atom. The number of nitrogens with zero attached hydrogens (tertiary/aromatic N) is 4. The van der Waals surface area contributed by atoms with E-state index in [0.717, 1.165) is 12.4 Å². The van der Waals surface area contributed by atoms with E-state index in [1.54, 1.807) is 16.9 Å². The third kappa shape index (κ3) is 3.53. The second kappa shape index (κ2) is 5.28. The predicted molar refractivity (Wildman–Crippen MR) is 76.4 cm³/mol. The Bertz CT molecular complexity index is 574. The zero-order valence-electron chi connectivity index (χ0n) is 11.5. The van der Waals surface area contributed by atoms with Crippen molar-refractivity contribution < 1.29 is 4.74 Å². The Morgan fingerprint density at radius 3 is 2.63 bits per heavy atom. The van der Waals surface area contributed by atoms with Crippen molar-refractivity contribution in [3.63, 3.8) is 0 Å². The third-order valence-corrected chi connectivity index (χ3v) is 2.90. The van der Waals surface area contributed by atoms with Crippen molar-refractivity contribution >= 4 is 15.9 Å². The SMILES string of the molecule is CCn1cc(Oc2cc(Br)nc(C(C)(C)C)n2)cn1. The minimum absolute atomic E-state index is 0.129. The highest BCUT2D eigenvalue weighted by atomic mass is 79.9. The molecule has 0 bridgehead atoms. The molecule has 5 nitrogen and oxygen atoms in total. The smallest absolute Gasteiger partial charge is 0.223 e. The maximum absolute atomic E-state index is 5.71. The van der Waals surface area contributed by atoms with Crippen LogP contribution in [0.3, 0.4) is 0 Å². The van der Waals surface area contributed by atoms with Gasteiger partial charge < -0.3 is 4.74 Å². The number of hydrogen-bond donors (Lipinski definition) is 0. The zero-order valence-corrected chi connectivity index (χ0v) is 13.1. The van der Waals surface area contributed by atoms with Gasteiger partial charge >= 0.3 is 0 Å². The summed E-state index contributed by atoms with van der Waals surface area (Å²) in [5.74, 6) is 1.93. The molecule has 0 aliphatic carbocycles. The van der Waals surface area contributed by atoms with Crippen LogP contribution in [-0.4, -0.2) is 19.7 Å². The van der Waals surface area contributed by atoms with Gasteiger partial charge in [0.15, 0.2) is 5.75 Å². The molecule has 0 atom stereocenters. The standard InChI is InChI=1S/C13H17BrN4O/c1-5-18-8-9(7-15-18)19-11-6-10(14)16-12(17-11)13(2,3)4/h6-8H,5H2,1-4H3. The Labute approximate surface area is 121 Å². The molecular weight excluding hydrogens is 308 g/mol. The molecule has 2 aromatic heterocycles. The summed E-state index contributed by atoms with van der Waals surface area (Å²) in [5, 5.41) is 4.16. The monoisotopic (exact) mass is 324 g/mol. The lowest BCUT2D eigenvalue weighted by atomic mass is 9.96. The average molecular weight is 325 g/mol. The van der Waals surface area contributed by atoms with Crippen LogP contribution in [0.5, 0.6) is 11.6 Å². The Morgan fingerprint density at radius 1 is 1.32 bits per heavy atom. The van der Waals surface area contributed by atoms with Crippen LogP contribution in [0.15, 0.2) is 23.1 Å². The van der Waals surface area contributed by atoms with Crippen molar-refractivity contribution in [3.05, 3.63) is 28.9 Å². The first-order chi connectivity index (χ1) is 8.88. The van der Waals surface area contributed by atoms with Gasteiger partial charge in [0, 0.05) is 18.0 Å². The summed E-state index contributed by atoms with van der Waals surface area (Å²) in [4.78, 5) is 8.81. The number of hydrogen-bond acceptors (Lipinski definition) is 4. The van der Waals surface area contributed by atoms with Crippen LogP contribution < -0.4 is 4.74 Å². The van der Waals surface area contributed by atoms with Crippen molar-refractivity contribution in [2.45, 2.75) is 39.7 Å². The summed E-state index contributed by atoms with van der Waals surface area (Å²) in [6.45, 7) is 9.02. The highest BCUT2D eigenvalue weighted by Gasteiger charge is 2.19. The number of rotatable bonds is 3. The van der Waals surface area contributed by atoms with E-state index >= 15 is 0 Å². The summed E-state index contributed by atoms with van der Waals surface area (Å²) in [7, 11) is 0. The lowest BCUT2D eigenvalue weighted by Crippen LogP contribution is -2.16. The fourth-order valence-corrected chi connectivity index (χ4v) is 1.84. The average Bonchev–Trinajstić information content (AvgIpc) is 2.75. The van der Waals surface area contributed by atoms with Crippen molar-refractivity contribution in [2.24, 2.45) is 0 Å². The van der Waals surface area contributed by atoms with Gasteiger partial charge in [0.25, 0.3) is 0 Å². The molecular formula is C13H17BrN4O. The Kier molecular flexibility index (Phi) is 3.89. The van der Waals surface area contributed by atoms with Crippen LogP contribution >= 0.6 is 15.9 Å². The molecule has 0 radical (unpaired) electrons. The van der Waals surface area contributed by atoms with E-state index < -0.39 is 0 Å². The molecule has 0 unspecified atom stereocenters. The summed E-state index contributed by atoms with van der Waals surface area (Å²) in [6.07, 6.45) is 3.52. The van der Waals surface area contributed by atoms with Crippen LogP contribution in [-0.2, 0) is 12.0 Å². The zero-order chi connectivity index (χ0) is 14.0. The Balaban J connectivity index is 2.27. The molecule has 2 rings (SSSR count). The molecule has 0 aliphatic heterocycles. The van der Waals surface area contributed by atoms with Crippen LogP contribution in [0, 0.1) is 0 Å². The van der Waals surface area contributed by atoms with Crippen molar-refractivity contribution in [1.29, 1.82) is 0 Å². The van der Waals surface area contributed by atoms with E-state index in [2.05, 4.69) is 51.8 Å². The van der Waals surface area contributed by atoms with Crippen LogP contribution in [0.4, 0.5) is 0 Å². The molecule has 0 saturated heterocycles. The summed E-state index contributed by atoms with van der Waals surface area (Å²) < 4.78 is 8.23. The molecule has 0 aromatic carbocycles. The number of ether oxygens (including phenoxy) is 1. The molecule has 2 heterocycles. The lowest BCUT2D eigenvalue weighted by Gasteiger charge is -2.17. The minimum Gasteiger partial charge on any atom is -0.436 e. The van der Waals surface area contributed by atoms with Gasteiger partial charge in [-0.2, -0.15) is 10.1 Å². The fourth-order valence-electron chi connectivity index (χ4n) is 1.48. The first-order valence-electron chi connectivity index (χ1n) is 6.14. The molecule has 0 saturated carbocycles. The molecule has 19 heavy (non-hydrogen) atoms. The summed E-state index contributed by atoms with van der Waals surface area (Å²) >= 11 is 3.39. The first-order valence-corrected chi connectivity index (χ1v) is 6.93. The van der Waals surface area contributed by atoms with E-state index in [1.807, 2.05) is 13.1 Å². The van der Waals surface area contributed by atoms with Gasteiger partial charge in [0.2, 0.25) is 5.88 Å². The van der Waals surface area contributed by atoms with Gasteiger partial charge in [-0.1, -0.05) is 20.8 Å². The molecule has 102 valence electrons. The van der Waals surface area contributed by atoms with Crippen molar-refractivity contribution in [2.75, 3.05) is 0 Å². The molecule has 0 fully saturated rings. The number of aromatic nitrogens is 4. The minimum atomic E-state index is -0.129. The quantitative estimate of drug-likeness (QED) is 0.810. The van der Waals surface area contributed by atoms with Gasteiger partial charge in [-0.05, 0) is 22.9 Å². The topological polar surface area (TPSA) is 52.8 Å². The van der Waals surface area contributed by atoms with Gasteiger partial charge in [-0.25, -0.2) is 4.98 Å². The van der Waals surface area contributed by atoms with Gasteiger partial charge in [0.1, 0.15) is 10.4 Å².